The van der Waals surface area contributed by atoms with Crippen LogP contribution in [0.2, 0.25) is 0 Å². The SMILES string of the molecule is Cc1ccc(O)c(CNc2ccc([N+](=O)[O-])c(Br)c2)n1. The summed E-state index contributed by atoms with van der Waals surface area (Å²) < 4.78 is 0.397. The molecule has 2 N–H and O–H groups in total. The average Bonchev–Trinajstić information content (AvgIpc) is 2.39. The van der Waals surface area contributed by atoms with Crippen LogP contribution < -0.4 is 5.32 Å². The van der Waals surface area contributed by atoms with E-state index < -0.39 is 4.92 Å². The number of nitrogens with one attached hydrogen (secondary N) is 1. The van der Waals surface area contributed by atoms with Crippen molar-refractivity contribution in [3.63, 3.8) is 0 Å². The van der Waals surface area contributed by atoms with E-state index in [1.54, 1.807) is 24.3 Å². The van der Waals surface area contributed by atoms with Crippen LogP contribution in [-0.4, -0.2) is 15.0 Å². The van der Waals surface area contributed by atoms with Gasteiger partial charge in [0.15, 0.2) is 0 Å². The molecule has 7 heteroatoms. The quantitative estimate of drug-likeness (QED) is 0.659. The minimum Gasteiger partial charge on any atom is -0.506 e. The maximum absolute atomic E-state index is 10.7. The fourth-order valence-corrected chi connectivity index (χ4v) is 2.21. The fraction of sp³-hybridized carbons (Fsp3) is 0.154. The van der Waals surface area contributed by atoms with Gasteiger partial charge in [0.1, 0.15) is 11.4 Å². The predicted octanol–water partition coefficient (Wildman–Crippen LogP) is 3.38. The molecule has 6 nitrogen and oxygen atoms in total. The van der Waals surface area contributed by atoms with Crippen LogP contribution in [0.15, 0.2) is 34.8 Å². The Morgan fingerprint density at radius 2 is 2.15 bits per heavy atom. The molecule has 0 aliphatic rings. The molecule has 0 radical (unpaired) electrons. The van der Waals surface area contributed by atoms with E-state index in [4.69, 9.17) is 0 Å². The Kier molecular flexibility index (Phi) is 4.19. The lowest BCUT2D eigenvalue weighted by Crippen LogP contribution is -2.03. The summed E-state index contributed by atoms with van der Waals surface area (Å²) in [6, 6.07) is 7.95. The third kappa shape index (κ3) is 3.24. The Hall–Kier alpha value is -2.15. The summed E-state index contributed by atoms with van der Waals surface area (Å²) in [5.74, 6) is 0.115. The molecule has 0 bridgehead atoms. The molecule has 0 saturated heterocycles. The molecule has 0 aliphatic heterocycles. The number of nitro groups is 1. The molecule has 0 atom stereocenters. The summed E-state index contributed by atoms with van der Waals surface area (Å²) in [7, 11) is 0. The van der Waals surface area contributed by atoms with Crippen LogP contribution in [0.4, 0.5) is 11.4 Å². The minimum atomic E-state index is -0.457. The molecule has 20 heavy (non-hydrogen) atoms. The second kappa shape index (κ2) is 5.87. The number of aryl methyl sites for hydroxylation is 1. The van der Waals surface area contributed by atoms with Crippen LogP contribution in [0.3, 0.4) is 0 Å². The van der Waals surface area contributed by atoms with Gasteiger partial charge in [0, 0.05) is 17.4 Å². The first-order chi connectivity index (χ1) is 9.47. The Bertz CT molecular complexity index is 661. The van der Waals surface area contributed by atoms with Crippen molar-refractivity contribution >= 4 is 27.3 Å². The normalized spacial score (nSPS) is 10.3. The van der Waals surface area contributed by atoms with Gasteiger partial charge >= 0.3 is 0 Å². The Morgan fingerprint density at radius 1 is 1.40 bits per heavy atom. The Morgan fingerprint density at radius 3 is 2.80 bits per heavy atom. The molecule has 2 aromatic rings. The van der Waals surface area contributed by atoms with Crippen LogP contribution in [-0.2, 0) is 6.54 Å². The molecule has 0 unspecified atom stereocenters. The first-order valence-corrected chi connectivity index (χ1v) is 6.60. The van der Waals surface area contributed by atoms with Gasteiger partial charge < -0.3 is 10.4 Å². The second-order valence-corrected chi connectivity index (χ2v) is 5.05. The monoisotopic (exact) mass is 337 g/mol. The van der Waals surface area contributed by atoms with Crippen molar-refractivity contribution < 1.29 is 10.0 Å². The summed E-state index contributed by atoms with van der Waals surface area (Å²) in [5, 5.41) is 23.5. The maximum Gasteiger partial charge on any atom is 0.283 e. The molecule has 0 saturated carbocycles. The number of nitrogens with zero attached hydrogens (tertiary/aromatic N) is 2. The second-order valence-electron chi connectivity index (χ2n) is 4.20. The van der Waals surface area contributed by atoms with Crippen molar-refractivity contribution in [2.45, 2.75) is 13.5 Å². The van der Waals surface area contributed by atoms with Gasteiger partial charge in [-0.25, -0.2) is 0 Å². The van der Waals surface area contributed by atoms with E-state index in [9.17, 15) is 15.2 Å². The summed E-state index contributed by atoms with van der Waals surface area (Å²) in [5.41, 5.74) is 2.04. The number of hydrogen-bond donors (Lipinski definition) is 2. The molecular formula is C13H12BrN3O3. The van der Waals surface area contributed by atoms with E-state index in [0.29, 0.717) is 22.4 Å². The van der Waals surface area contributed by atoms with Crippen LogP contribution in [0, 0.1) is 17.0 Å². The van der Waals surface area contributed by atoms with Crippen molar-refractivity contribution in [3.8, 4) is 5.75 Å². The van der Waals surface area contributed by atoms with Crippen LogP contribution in [0.5, 0.6) is 5.75 Å². The molecule has 2 rings (SSSR count). The van der Waals surface area contributed by atoms with Gasteiger partial charge in [-0.05, 0) is 47.1 Å². The number of pyridine rings is 1. The van der Waals surface area contributed by atoms with Crippen LogP contribution in [0.25, 0.3) is 0 Å². The maximum atomic E-state index is 10.7. The first-order valence-electron chi connectivity index (χ1n) is 5.80. The lowest BCUT2D eigenvalue weighted by Gasteiger charge is -2.08. The molecule has 0 fully saturated rings. The van der Waals surface area contributed by atoms with Crippen LogP contribution in [0.1, 0.15) is 11.4 Å². The van der Waals surface area contributed by atoms with E-state index in [2.05, 4.69) is 26.2 Å². The van der Waals surface area contributed by atoms with Crippen molar-refractivity contribution in [1.82, 2.24) is 4.98 Å². The zero-order chi connectivity index (χ0) is 14.7. The lowest BCUT2D eigenvalue weighted by atomic mass is 10.2. The third-order valence-electron chi connectivity index (χ3n) is 2.69. The van der Waals surface area contributed by atoms with Gasteiger partial charge in [-0.3, -0.25) is 15.1 Å². The first kappa shape index (κ1) is 14.3. The summed E-state index contributed by atoms with van der Waals surface area (Å²) in [4.78, 5) is 14.5. The highest BCUT2D eigenvalue weighted by Gasteiger charge is 2.11. The standard InChI is InChI=1S/C13H12BrN3O3/c1-8-2-5-13(18)11(16-8)7-15-9-3-4-12(17(19)20)10(14)6-9/h2-6,15,18H,7H2,1H3. The minimum absolute atomic E-state index is 0.00655. The molecule has 0 amide bonds. The van der Waals surface area contributed by atoms with E-state index >= 15 is 0 Å². The molecule has 1 aromatic heterocycles. The number of hydrogen-bond acceptors (Lipinski definition) is 5. The lowest BCUT2D eigenvalue weighted by molar-refractivity contribution is -0.385. The summed E-state index contributed by atoms with van der Waals surface area (Å²) in [6.07, 6.45) is 0. The zero-order valence-electron chi connectivity index (χ0n) is 10.6. The largest absolute Gasteiger partial charge is 0.506 e. The van der Waals surface area contributed by atoms with Crippen molar-refractivity contribution in [2.75, 3.05) is 5.32 Å². The van der Waals surface area contributed by atoms with Crippen molar-refractivity contribution in [3.05, 3.63) is 56.3 Å². The predicted molar refractivity (Wildman–Crippen MR) is 78.8 cm³/mol. The molecule has 1 heterocycles. The highest BCUT2D eigenvalue weighted by Crippen LogP contribution is 2.28. The topological polar surface area (TPSA) is 88.3 Å². The third-order valence-corrected chi connectivity index (χ3v) is 3.33. The number of aromatic nitrogens is 1. The fourth-order valence-electron chi connectivity index (χ4n) is 1.68. The van der Waals surface area contributed by atoms with Crippen LogP contribution >= 0.6 is 15.9 Å². The molecule has 1 aromatic carbocycles. The van der Waals surface area contributed by atoms with Gasteiger partial charge in [-0.1, -0.05) is 0 Å². The number of benzene rings is 1. The molecular weight excluding hydrogens is 326 g/mol. The number of rotatable bonds is 4. The highest BCUT2D eigenvalue weighted by molar-refractivity contribution is 9.10. The van der Waals surface area contributed by atoms with Gasteiger partial charge in [-0.15, -0.1) is 0 Å². The smallest absolute Gasteiger partial charge is 0.283 e. The summed E-state index contributed by atoms with van der Waals surface area (Å²) in [6.45, 7) is 2.17. The highest BCUT2D eigenvalue weighted by atomic mass is 79.9. The van der Waals surface area contributed by atoms with E-state index in [-0.39, 0.29) is 11.4 Å². The Balaban J connectivity index is 2.13. The van der Waals surface area contributed by atoms with E-state index in [1.165, 1.54) is 6.07 Å². The van der Waals surface area contributed by atoms with E-state index in [0.717, 1.165) is 5.69 Å². The zero-order valence-corrected chi connectivity index (χ0v) is 12.2. The molecule has 0 spiro atoms. The average molecular weight is 338 g/mol. The number of halogens is 1. The number of nitro benzene ring substituents is 1. The van der Waals surface area contributed by atoms with Gasteiger partial charge in [0.05, 0.1) is 15.9 Å². The van der Waals surface area contributed by atoms with Crippen molar-refractivity contribution in [2.24, 2.45) is 0 Å². The molecule has 104 valence electrons. The Labute approximate surface area is 123 Å². The number of aromatic hydroxyl groups is 1. The van der Waals surface area contributed by atoms with E-state index in [1.807, 2.05) is 6.92 Å². The number of anilines is 1. The van der Waals surface area contributed by atoms with Gasteiger partial charge in [0.2, 0.25) is 0 Å². The summed E-state index contributed by atoms with van der Waals surface area (Å²) >= 11 is 3.15. The van der Waals surface area contributed by atoms with Gasteiger partial charge in [-0.2, -0.15) is 0 Å². The van der Waals surface area contributed by atoms with Crippen molar-refractivity contribution in [1.29, 1.82) is 0 Å². The molecule has 0 aliphatic carbocycles. The van der Waals surface area contributed by atoms with Gasteiger partial charge in [0.25, 0.3) is 5.69 Å².